The molecule has 2 fully saturated rings. The molecule has 6 nitrogen and oxygen atoms in total. The first-order chi connectivity index (χ1) is 13.0. The lowest BCUT2D eigenvalue weighted by Crippen LogP contribution is -2.47. The molecular weight excluding hydrogens is 364 g/mol. The summed E-state index contributed by atoms with van der Waals surface area (Å²) in [7, 11) is 1.59. The molecule has 7 heteroatoms. The maximum atomic E-state index is 12.2. The summed E-state index contributed by atoms with van der Waals surface area (Å²) in [5.74, 6) is 1.16. The van der Waals surface area contributed by atoms with E-state index in [2.05, 4.69) is 18.7 Å². The van der Waals surface area contributed by atoms with Gasteiger partial charge < -0.3 is 24.0 Å². The standard InChI is InChI=1S/C20H28N2O4S/c1-14-11-22(12-15(2)26-14)20(27)16-6-7-17(18(10-16)24-3)25-13-19(23)21-8-4-5-9-21/h6-7,10,14-15H,4-5,8-9,11-13H2,1-3H3/t14-,15-/m1/s1. The molecule has 1 aromatic carbocycles. The van der Waals surface area contributed by atoms with Crippen LogP contribution in [0, 0.1) is 0 Å². The summed E-state index contributed by atoms with van der Waals surface area (Å²) in [6, 6.07) is 5.62. The number of hydrogen-bond donors (Lipinski definition) is 0. The summed E-state index contributed by atoms with van der Waals surface area (Å²) < 4.78 is 17.0. The van der Waals surface area contributed by atoms with E-state index in [1.54, 1.807) is 7.11 Å². The average Bonchev–Trinajstić information content (AvgIpc) is 3.19. The number of rotatable bonds is 5. The molecule has 27 heavy (non-hydrogen) atoms. The summed E-state index contributed by atoms with van der Waals surface area (Å²) in [6.07, 6.45) is 2.43. The molecule has 0 aliphatic carbocycles. The number of benzene rings is 1. The Kier molecular flexibility index (Phi) is 6.55. The van der Waals surface area contributed by atoms with Crippen molar-refractivity contribution in [2.24, 2.45) is 0 Å². The number of methoxy groups -OCH3 is 1. The van der Waals surface area contributed by atoms with Crippen molar-refractivity contribution in [3.05, 3.63) is 23.8 Å². The molecule has 2 saturated heterocycles. The molecule has 0 aromatic heterocycles. The predicted octanol–water partition coefficient (Wildman–Crippen LogP) is 2.48. The minimum atomic E-state index is 0.0189. The van der Waals surface area contributed by atoms with Crippen LogP contribution in [0.5, 0.6) is 11.5 Å². The van der Waals surface area contributed by atoms with Gasteiger partial charge in [-0.05, 0) is 44.9 Å². The summed E-state index contributed by atoms with van der Waals surface area (Å²) in [6.45, 7) is 7.33. The van der Waals surface area contributed by atoms with E-state index >= 15 is 0 Å². The number of amides is 1. The molecule has 0 saturated carbocycles. The van der Waals surface area contributed by atoms with E-state index in [0.717, 1.165) is 49.6 Å². The Balaban J connectivity index is 1.66. The fraction of sp³-hybridized carbons (Fsp3) is 0.600. The molecule has 0 spiro atoms. The normalized spacial score (nSPS) is 22.6. The average molecular weight is 393 g/mol. The van der Waals surface area contributed by atoms with Gasteiger partial charge in [-0.15, -0.1) is 0 Å². The SMILES string of the molecule is COc1cc(C(=S)N2C[C@@H](C)O[C@H](C)C2)ccc1OCC(=O)N1CCCC1. The fourth-order valence-electron chi connectivity index (χ4n) is 3.64. The number of thiocarbonyl (C=S) groups is 1. The Labute approximate surface area is 166 Å². The van der Waals surface area contributed by atoms with Gasteiger partial charge in [0.25, 0.3) is 5.91 Å². The lowest BCUT2D eigenvalue weighted by Gasteiger charge is -2.37. The number of ether oxygens (including phenoxy) is 3. The zero-order valence-electron chi connectivity index (χ0n) is 16.3. The van der Waals surface area contributed by atoms with Crippen molar-refractivity contribution in [3.63, 3.8) is 0 Å². The molecule has 1 aromatic rings. The van der Waals surface area contributed by atoms with Crippen LogP contribution in [0.3, 0.4) is 0 Å². The minimum Gasteiger partial charge on any atom is -0.493 e. The second kappa shape index (κ2) is 8.89. The minimum absolute atomic E-state index is 0.0189. The predicted molar refractivity (Wildman–Crippen MR) is 108 cm³/mol. The van der Waals surface area contributed by atoms with Crippen LogP contribution in [0.2, 0.25) is 0 Å². The Hall–Kier alpha value is -1.86. The zero-order chi connectivity index (χ0) is 19.4. The molecule has 1 amide bonds. The lowest BCUT2D eigenvalue weighted by atomic mass is 10.1. The highest BCUT2D eigenvalue weighted by Crippen LogP contribution is 2.29. The number of nitrogens with zero attached hydrogens (tertiary/aromatic N) is 2. The van der Waals surface area contributed by atoms with Gasteiger partial charge in [-0.2, -0.15) is 0 Å². The van der Waals surface area contributed by atoms with Crippen LogP contribution in [0.4, 0.5) is 0 Å². The van der Waals surface area contributed by atoms with E-state index in [1.807, 2.05) is 23.1 Å². The van der Waals surface area contributed by atoms with Gasteiger partial charge in [0.1, 0.15) is 4.99 Å². The maximum Gasteiger partial charge on any atom is 0.260 e. The van der Waals surface area contributed by atoms with Crippen molar-refractivity contribution < 1.29 is 19.0 Å². The first kappa shape index (κ1) is 19.9. The molecule has 3 rings (SSSR count). The van der Waals surface area contributed by atoms with Gasteiger partial charge in [-0.1, -0.05) is 12.2 Å². The third-order valence-electron chi connectivity index (χ3n) is 4.93. The van der Waals surface area contributed by atoms with Crippen LogP contribution in [-0.2, 0) is 9.53 Å². The first-order valence-electron chi connectivity index (χ1n) is 9.51. The third kappa shape index (κ3) is 4.90. The number of carbonyl (C=O) groups is 1. The summed E-state index contributed by atoms with van der Waals surface area (Å²) in [4.78, 5) is 17.0. The van der Waals surface area contributed by atoms with Gasteiger partial charge in [0.2, 0.25) is 0 Å². The van der Waals surface area contributed by atoms with E-state index in [4.69, 9.17) is 26.4 Å². The third-order valence-corrected chi connectivity index (χ3v) is 5.42. The maximum absolute atomic E-state index is 12.2. The van der Waals surface area contributed by atoms with Gasteiger partial charge in [-0.3, -0.25) is 4.79 Å². The molecular formula is C20H28N2O4S. The van der Waals surface area contributed by atoms with Crippen LogP contribution in [0.1, 0.15) is 32.3 Å². The van der Waals surface area contributed by atoms with E-state index < -0.39 is 0 Å². The smallest absolute Gasteiger partial charge is 0.260 e. The zero-order valence-corrected chi connectivity index (χ0v) is 17.1. The summed E-state index contributed by atoms with van der Waals surface area (Å²) >= 11 is 5.69. The number of hydrogen-bond acceptors (Lipinski definition) is 5. The van der Waals surface area contributed by atoms with Crippen LogP contribution in [0.25, 0.3) is 0 Å². The van der Waals surface area contributed by atoms with Crippen molar-refractivity contribution in [2.45, 2.75) is 38.9 Å². The molecule has 148 valence electrons. The van der Waals surface area contributed by atoms with Crippen molar-refractivity contribution in [1.29, 1.82) is 0 Å². The molecule has 2 aliphatic rings. The van der Waals surface area contributed by atoms with E-state index in [1.165, 1.54) is 0 Å². The van der Waals surface area contributed by atoms with Gasteiger partial charge in [-0.25, -0.2) is 0 Å². The molecule has 2 heterocycles. The van der Waals surface area contributed by atoms with Crippen molar-refractivity contribution in [2.75, 3.05) is 39.9 Å². The molecule has 0 N–H and O–H groups in total. The summed E-state index contributed by atoms with van der Waals surface area (Å²) in [5.41, 5.74) is 0.904. The van der Waals surface area contributed by atoms with Gasteiger partial charge in [0.15, 0.2) is 18.1 Å². The Morgan fingerprint density at radius 1 is 1.15 bits per heavy atom. The topological polar surface area (TPSA) is 51.2 Å². The van der Waals surface area contributed by atoms with Crippen molar-refractivity contribution in [1.82, 2.24) is 9.80 Å². The Bertz CT molecular complexity index is 681. The second-order valence-electron chi connectivity index (χ2n) is 7.21. The number of likely N-dealkylation sites (tertiary alicyclic amines) is 1. The largest absolute Gasteiger partial charge is 0.493 e. The monoisotopic (exact) mass is 392 g/mol. The number of morpholine rings is 1. The Morgan fingerprint density at radius 3 is 2.44 bits per heavy atom. The van der Waals surface area contributed by atoms with Gasteiger partial charge >= 0.3 is 0 Å². The Morgan fingerprint density at radius 2 is 1.81 bits per heavy atom. The van der Waals surface area contributed by atoms with Crippen molar-refractivity contribution in [3.8, 4) is 11.5 Å². The summed E-state index contributed by atoms with van der Waals surface area (Å²) in [5, 5.41) is 0. The molecule has 0 radical (unpaired) electrons. The fourth-order valence-corrected chi connectivity index (χ4v) is 3.92. The second-order valence-corrected chi connectivity index (χ2v) is 7.60. The highest BCUT2D eigenvalue weighted by molar-refractivity contribution is 7.80. The van der Waals surface area contributed by atoms with Crippen LogP contribution < -0.4 is 9.47 Å². The molecule has 2 aliphatic heterocycles. The van der Waals surface area contributed by atoms with Gasteiger partial charge in [0.05, 0.1) is 19.3 Å². The van der Waals surface area contributed by atoms with Crippen LogP contribution in [-0.4, -0.2) is 72.8 Å². The molecule has 0 bridgehead atoms. The highest BCUT2D eigenvalue weighted by Gasteiger charge is 2.25. The lowest BCUT2D eigenvalue weighted by molar-refractivity contribution is -0.132. The van der Waals surface area contributed by atoms with Crippen molar-refractivity contribution >= 4 is 23.1 Å². The first-order valence-corrected chi connectivity index (χ1v) is 9.92. The van der Waals surface area contributed by atoms with Gasteiger partial charge in [0, 0.05) is 31.7 Å². The number of carbonyl (C=O) groups excluding carboxylic acids is 1. The quantitative estimate of drug-likeness (QED) is 0.718. The van der Waals surface area contributed by atoms with Crippen LogP contribution >= 0.6 is 12.2 Å². The van der Waals surface area contributed by atoms with Crippen LogP contribution in [0.15, 0.2) is 18.2 Å². The van der Waals surface area contributed by atoms with E-state index in [-0.39, 0.29) is 24.7 Å². The van der Waals surface area contributed by atoms with E-state index in [9.17, 15) is 4.79 Å². The molecule has 2 atom stereocenters. The molecule has 0 unspecified atom stereocenters. The van der Waals surface area contributed by atoms with E-state index in [0.29, 0.717) is 11.5 Å². The highest BCUT2D eigenvalue weighted by atomic mass is 32.1.